The SMILES string of the molecule is CCn1c(C(=O)N(C2CC2)C2CC2)cc2c3c(ncn3C)c(Nc3nc(C(=O)N4CCC4)cs3)nc21. The Labute approximate surface area is 211 Å². The number of likely N-dealkylation sites (tertiary alicyclic amines) is 1. The number of pyridine rings is 1. The number of anilines is 2. The third-order valence-corrected chi connectivity index (χ3v) is 8.20. The maximum absolute atomic E-state index is 13.7. The Morgan fingerprint density at radius 1 is 1.17 bits per heavy atom. The maximum atomic E-state index is 13.7. The number of fused-ring (bicyclic) bond motifs is 3. The molecule has 2 aliphatic carbocycles. The molecule has 1 aliphatic heterocycles. The zero-order chi connectivity index (χ0) is 24.6. The van der Waals surface area contributed by atoms with Crippen LogP contribution < -0.4 is 5.32 Å². The van der Waals surface area contributed by atoms with Gasteiger partial charge in [-0.3, -0.25) is 9.59 Å². The molecule has 11 heteroatoms. The van der Waals surface area contributed by atoms with E-state index in [0.717, 1.165) is 61.7 Å². The summed E-state index contributed by atoms with van der Waals surface area (Å²) in [5.41, 5.74) is 3.52. The normalized spacial score (nSPS) is 17.6. The molecule has 5 heterocycles. The quantitative estimate of drug-likeness (QED) is 0.411. The fourth-order valence-corrected chi connectivity index (χ4v) is 5.86. The van der Waals surface area contributed by atoms with Crippen molar-refractivity contribution >= 4 is 56.2 Å². The molecule has 0 unspecified atom stereocenters. The molecular formula is C25H28N8O2S. The minimum atomic E-state index is -0.0316. The first-order valence-electron chi connectivity index (χ1n) is 12.7. The smallest absolute Gasteiger partial charge is 0.273 e. The Balaban J connectivity index is 1.30. The van der Waals surface area contributed by atoms with Crippen LogP contribution in [0.25, 0.3) is 22.1 Å². The number of hydrogen-bond donors (Lipinski definition) is 1. The monoisotopic (exact) mass is 504 g/mol. The number of carbonyl (C=O) groups is 2. The van der Waals surface area contributed by atoms with Gasteiger partial charge in [0.15, 0.2) is 10.9 Å². The lowest BCUT2D eigenvalue weighted by Crippen LogP contribution is -2.42. The van der Waals surface area contributed by atoms with E-state index in [1.165, 1.54) is 11.3 Å². The van der Waals surface area contributed by atoms with Crippen LogP contribution in [0.15, 0.2) is 17.8 Å². The number of nitrogens with zero attached hydrogens (tertiary/aromatic N) is 7. The Morgan fingerprint density at radius 2 is 1.92 bits per heavy atom. The average Bonchev–Trinajstić information content (AvgIpc) is 3.73. The van der Waals surface area contributed by atoms with Gasteiger partial charge in [0.1, 0.15) is 22.6 Å². The average molecular weight is 505 g/mol. The van der Waals surface area contributed by atoms with Crippen molar-refractivity contribution in [3.8, 4) is 0 Å². The maximum Gasteiger partial charge on any atom is 0.273 e. The van der Waals surface area contributed by atoms with Crippen LogP contribution in [0.4, 0.5) is 10.9 Å². The molecule has 0 atom stereocenters. The minimum Gasteiger partial charge on any atom is -0.337 e. The molecule has 0 aromatic carbocycles. The van der Waals surface area contributed by atoms with Gasteiger partial charge >= 0.3 is 0 Å². The lowest BCUT2D eigenvalue weighted by molar-refractivity contribution is 0.0646. The number of aryl methyl sites for hydroxylation is 2. The van der Waals surface area contributed by atoms with Crippen LogP contribution in [0.5, 0.6) is 0 Å². The Kier molecular flexibility index (Phi) is 4.85. The highest BCUT2D eigenvalue weighted by atomic mass is 32.1. The summed E-state index contributed by atoms with van der Waals surface area (Å²) in [6.45, 7) is 4.26. The van der Waals surface area contributed by atoms with Crippen LogP contribution in [0, 0.1) is 0 Å². The molecule has 2 saturated carbocycles. The summed E-state index contributed by atoms with van der Waals surface area (Å²) in [6, 6.07) is 2.76. The van der Waals surface area contributed by atoms with E-state index < -0.39 is 0 Å². The fourth-order valence-electron chi connectivity index (χ4n) is 5.18. The number of imidazole rings is 1. The van der Waals surface area contributed by atoms with Crippen molar-refractivity contribution in [2.75, 3.05) is 18.4 Å². The van der Waals surface area contributed by atoms with E-state index in [1.54, 1.807) is 16.6 Å². The molecule has 0 spiro atoms. The van der Waals surface area contributed by atoms with Gasteiger partial charge in [-0.2, -0.15) is 0 Å². The van der Waals surface area contributed by atoms with Crippen LogP contribution >= 0.6 is 11.3 Å². The topological polar surface area (TPSA) is 101 Å². The molecule has 4 aromatic rings. The van der Waals surface area contributed by atoms with Gasteiger partial charge in [0.05, 0.1) is 11.8 Å². The molecule has 186 valence electrons. The molecule has 7 rings (SSSR count). The van der Waals surface area contributed by atoms with E-state index >= 15 is 0 Å². The van der Waals surface area contributed by atoms with Gasteiger partial charge in [0.25, 0.3) is 11.8 Å². The summed E-state index contributed by atoms with van der Waals surface area (Å²) in [7, 11) is 1.96. The van der Waals surface area contributed by atoms with E-state index in [-0.39, 0.29) is 11.8 Å². The van der Waals surface area contributed by atoms with Gasteiger partial charge in [-0.1, -0.05) is 0 Å². The number of amides is 2. The van der Waals surface area contributed by atoms with Crippen molar-refractivity contribution in [2.45, 2.75) is 57.7 Å². The van der Waals surface area contributed by atoms with Crippen molar-refractivity contribution < 1.29 is 9.59 Å². The Morgan fingerprint density at radius 3 is 2.56 bits per heavy atom. The van der Waals surface area contributed by atoms with Crippen LogP contribution in [0.3, 0.4) is 0 Å². The van der Waals surface area contributed by atoms with E-state index in [0.29, 0.717) is 46.5 Å². The highest BCUT2D eigenvalue weighted by Crippen LogP contribution is 2.40. The third-order valence-electron chi connectivity index (χ3n) is 7.44. The van der Waals surface area contributed by atoms with Gasteiger partial charge < -0.3 is 24.3 Å². The third kappa shape index (κ3) is 3.40. The number of nitrogens with one attached hydrogen (secondary N) is 1. The zero-order valence-corrected chi connectivity index (χ0v) is 21.2. The standard InChI is InChI=1S/C25H28N8O2S/c1-3-32-18(24(35)33(14-5-6-14)15-7-8-15)11-16-20-19(26-13-30(20)2)21(28-22(16)32)29-25-27-17(12-36-25)23(34)31-9-4-10-31/h11-15H,3-10H2,1-2H3,(H,27,28,29). The number of thiazole rings is 1. The molecule has 0 radical (unpaired) electrons. The Bertz CT molecular complexity index is 1510. The van der Waals surface area contributed by atoms with E-state index in [4.69, 9.17) is 4.98 Å². The van der Waals surface area contributed by atoms with E-state index in [9.17, 15) is 9.59 Å². The van der Waals surface area contributed by atoms with Crippen LogP contribution in [-0.2, 0) is 13.6 Å². The van der Waals surface area contributed by atoms with Crippen molar-refractivity contribution in [3.05, 3.63) is 29.2 Å². The second kappa shape index (κ2) is 8.02. The molecule has 1 N–H and O–H groups in total. The summed E-state index contributed by atoms with van der Waals surface area (Å²) < 4.78 is 3.99. The highest BCUT2D eigenvalue weighted by Gasteiger charge is 2.43. The molecular weight excluding hydrogens is 476 g/mol. The second-order valence-corrected chi connectivity index (χ2v) is 10.9. The summed E-state index contributed by atoms with van der Waals surface area (Å²) >= 11 is 1.38. The molecule has 10 nitrogen and oxygen atoms in total. The first-order chi connectivity index (χ1) is 17.5. The van der Waals surface area contributed by atoms with Gasteiger partial charge in [0, 0.05) is 49.5 Å². The van der Waals surface area contributed by atoms with Crippen molar-refractivity contribution in [1.82, 2.24) is 33.9 Å². The Hall–Kier alpha value is -3.47. The number of carbonyl (C=O) groups excluding carboxylic acids is 2. The molecule has 3 aliphatic rings. The highest BCUT2D eigenvalue weighted by molar-refractivity contribution is 7.14. The van der Waals surface area contributed by atoms with Crippen LogP contribution in [0.2, 0.25) is 0 Å². The molecule has 36 heavy (non-hydrogen) atoms. The van der Waals surface area contributed by atoms with Crippen LogP contribution in [-0.4, -0.2) is 70.9 Å². The number of rotatable bonds is 7. The van der Waals surface area contributed by atoms with Gasteiger partial charge in [0.2, 0.25) is 0 Å². The summed E-state index contributed by atoms with van der Waals surface area (Å²) in [5, 5.41) is 6.61. The van der Waals surface area contributed by atoms with Crippen molar-refractivity contribution in [3.63, 3.8) is 0 Å². The largest absolute Gasteiger partial charge is 0.337 e. The molecule has 3 fully saturated rings. The fraction of sp³-hybridized carbons (Fsp3) is 0.480. The van der Waals surface area contributed by atoms with Gasteiger partial charge in [-0.25, -0.2) is 15.0 Å². The predicted molar refractivity (Wildman–Crippen MR) is 138 cm³/mol. The predicted octanol–water partition coefficient (Wildman–Crippen LogP) is 3.76. The molecule has 1 saturated heterocycles. The number of aromatic nitrogens is 5. The molecule has 4 aromatic heterocycles. The minimum absolute atomic E-state index is 0.0316. The summed E-state index contributed by atoms with van der Waals surface area (Å²) in [5.74, 6) is 0.651. The lowest BCUT2D eigenvalue weighted by atomic mass is 10.2. The van der Waals surface area contributed by atoms with Crippen LogP contribution in [0.1, 0.15) is 60.0 Å². The molecule has 0 bridgehead atoms. The number of hydrogen-bond acceptors (Lipinski definition) is 7. The summed E-state index contributed by atoms with van der Waals surface area (Å²) in [6.07, 6.45) is 7.21. The summed E-state index contributed by atoms with van der Waals surface area (Å²) in [4.78, 5) is 44.3. The van der Waals surface area contributed by atoms with Gasteiger partial charge in [-0.05, 0) is 45.1 Å². The first-order valence-corrected chi connectivity index (χ1v) is 13.6. The van der Waals surface area contributed by atoms with Gasteiger partial charge in [-0.15, -0.1) is 11.3 Å². The first kappa shape index (κ1) is 21.8. The lowest BCUT2D eigenvalue weighted by Gasteiger charge is -2.29. The zero-order valence-electron chi connectivity index (χ0n) is 20.4. The second-order valence-electron chi connectivity index (χ2n) is 10.0. The molecule has 2 amide bonds. The van der Waals surface area contributed by atoms with E-state index in [2.05, 4.69) is 20.2 Å². The van der Waals surface area contributed by atoms with E-state index in [1.807, 2.05) is 29.2 Å². The van der Waals surface area contributed by atoms with Crippen molar-refractivity contribution in [2.24, 2.45) is 7.05 Å². The van der Waals surface area contributed by atoms with Crippen molar-refractivity contribution in [1.29, 1.82) is 0 Å².